The third-order valence-electron chi connectivity index (χ3n) is 3.80. The van der Waals surface area contributed by atoms with Crippen LogP contribution >= 0.6 is 0 Å². The summed E-state index contributed by atoms with van der Waals surface area (Å²) in [6, 6.07) is 0. The molecule has 0 bridgehead atoms. The number of ether oxygens (including phenoxy) is 2. The molecule has 2 atom stereocenters. The average molecular weight is 259 g/mol. The van der Waals surface area contributed by atoms with Gasteiger partial charge in [0.15, 0.2) is 0 Å². The lowest BCUT2D eigenvalue weighted by molar-refractivity contribution is 0.0133. The SMILES string of the molecule is CCNC(CC)(CO)CCCOCC1CCCO1. The van der Waals surface area contributed by atoms with Gasteiger partial charge < -0.3 is 19.9 Å². The zero-order chi connectivity index (χ0) is 13.3. The van der Waals surface area contributed by atoms with Crippen LogP contribution in [0.5, 0.6) is 0 Å². The van der Waals surface area contributed by atoms with Crippen LogP contribution in [0.3, 0.4) is 0 Å². The Balaban J connectivity index is 2.10. The fourth-order valence-electron chi connectivity index (χ4n) is 2.52. The van der Waals surface area contributed by atoms with Crippen LogP contribution in [0.1, 0.15) is 46.0 Å². The van der Waals surface area contributed by atoms with Crippen LogP contribution in [0.2, 0.25) is 0 Å². The van der Waals surface area contributed by atoms with Crippen molar-refractivity contribution in [3.8, 4) is 0 Å². The van der Waals surface area contributed by atoms with E-state index in [1.807, 2.05) is 0 Å². The van der Waals surface area contributed by atoms with E-state index in [0.29, 0.717) is 6.10 Å². The largest absolute Gasteiger partial charge is 0.394 e. The highest BCUT2D eigenvalue weighted by molar-refractivity contribution is 4.85. The van der Waals surface area contributed by atoms with Gasteiger partial charge in [0.05, 0.1) is 19.3 Å². The molecule has 1 heterocycles. The first-order chi connectivity index (χ1) is 8.76. The number of rotatable bonds is 10. The molecule has 1 fully saturated rings. The van der Waals surface area contributed by atoms with Crippen molar-refractivity contribution in [3.63, 3.8) is 0 Å². The summed E-state index contributed by atoms with van der Waals surface area (Å²) in [6.07, 6.45) is 5.49. The molecule has 0 radical (unpaired) electrons. The van der Waals surface area contributed by atoms with Gasteiger partial charge in [0.25, 0.3) is 0 Å². The molecule has 0 spiro atoms. The Morgan fingerprint density at radius 3 is 2.83 bits per heavy atom. The van der Waals surface area contributed by atoms with Crippen LogP contribution in [0.25, 0.3) is 0 Å². The van der Waals surface area contributed by atoms with Crippen molar-refractivity contribution in [1.29, 1.82) is 0 Å². The molecule has 0 aromatic heterocycles. The van der Waals surface area contributed by atoms with Gasteiger partial charge in [-0.1, -0.05) is 13.8 Å². The van der Waals surface area contributed by atoms with Gasteiger partial charge in [-0.2, -0.15) is 0 Å². The Morgan fingerprint density at radius 2 is 2.28 bits per heavy atom. The van der Waals surface area contributed by atoms with Gasteiger partial charge in [-0.15, -0.1) is 0 Å². The van der Waals surface area contributed by atoms with Crippen molar-refractivity contribution in [1.82, 2.24) is 5.32 Å². The maximum atomic E-state index is 9.51. The van der Waals surface area contributed by atoms with Crippen molar-refractivity contribution >= 4 is 0 Å². The Kier molecular flexibility index (Phi) is 7.82. The third kappa shape index (κ3) is 5.22. The second-order valence-corrected chi connectivity index (χ2v) is 5.14. The highest BCUT2D eigenvalue weighted by atomic mass is 16.5. The molecule has 1 rings (SSSR count). The Bertz CT molecular complexity index is 201. The van der Waals surface area contributed by atoms with E-state index < -0.39 is 0 Å². The molecule has 1 saturated heterocycles. The lowest BCUT2D eigenvalue weighted by atomic mass is 9.91. The number of likely N-dealkylation sites (N-methyl/N-ethyl adjacent to an activating group) is 1. The summed E-state index contributed by atoms with van der Waals surface area (Å²) < 4.78 is 11.1. The average Bonchev–Trinajstić information content (AvgIpc) is 2.90. The number of hydrogen-bond donors (Lipinski definition) is 2. The van der Waals surface area contributed by atoms with Gasteiger partial charge in [0.2, 0.25) is 0 Å². The van der Waals surface area contributed by atoms with E-state index in [9.17, 15) is 5.11 Å². The summed E-state index contributed by atoms with van der Waals surface area (Å²) in [5, 5.41) is 12.9. The van der Waals surface area contributed by atoms with E-state index in [1.54, 1.807) is 0 Å². The number of aliphatic hydroxyl groups is 1. The monoisotopic (exact) mass is 259 g/mol. The van der Waals surface area contributed by atoms with Crippen molar-refractivity contribution in [3.05, 3.63) is 0 Å². The van der Waals surface area contributed by atoms with E-state index in [4.69, 9.17) is 9.47 Å². The van der Waals surface area contributed by atoms with Crippen molar-refractivity contribution in [2.75, 3.05) is 33.0 Å². The molecule has 0 amide bonds. The lowest BCUT2D eigenvalue weighted by Gasteiger charge is -2.31. The zero-order valence-electron chi connectivity index (χ0n) is 11.9. The van der Waals surface area contributed by atoms with Crippen LogP contribution in [0.4, 0.5) is 0 Å². The van der Waals surface area contributed by atoms with Gasteiger partial charge in [-0.3, -0.25) is 0 Å². The van der Waals surface area contributed by atoms with E-state index in [0.717, 1.165) is 58.5 Å². The fraction of sp³-hybridized carbons (Fsp3) is 1.00. The van der Waals surface area contributed by atoms with Gasteiger partial charge in [0, 0.05) is 18.8 Å². The van der Waals surface area contributed by atoms with Gasteiger partial charge >= 0.3 is 0 Å². The molecule has 0 aromatic rings. The Labute approximate surface area is 111 Å². The van der Waals surface area contributed by atoms with Crippen molar-refractivity contribution in [2.45, 2.75) is 57.6 Å². The molecule has 2 N–H and O–H groups in total. The Morgan fingerprint density at radius 1 is 1.44 bits per heavy atom. The van der Waals surface area contributed by atoms with E-state index in [2.05, 4.69) is 19.2 Å². The molecular weight excluding hydrogens is 230 g/mol. The Hall–Kier alpha value is -0.160. The van der Waals surface area contributed by atoms with E-state index in [1.165, 1.54) is 0 Å². The highest BCUT2D eigenvalue weighted by Crippen LogP contribution is 2.17. The van der Waals surface area contributed by atoms with Crippen molar-refractivity contribution in [2.24, 2.45) is 0 Å². The molecule has 1 aliphatic heterocycles. The summed E-state index contributed by atoms with van der Waals surface area (Å²) >= 11 is 0. The molecule has 4 nitrogen and oxygen atoms in total. The third-order valence-corrected chi connectivity index (χ3v) is 3.80. The second-order valence-electron chi connectivity index (χ2n) is 5.14. The van der Waals surface area contributed by atoms with Crippen LogP contribution in [0, 0.1) is 0 Å². The molecule has 0 aromatic carbocycles. The standard InChI is InChI=1S/C14H29NO3/c1-3-14(12-16,15-4-2)8-6-9-17-11-13-7-5-10-18-13/h13,15-16H,3-12H2,1-2H3. The molecule has 0 saturated carbocycles. The van der Waals surface area contributed by atoms with E-state index in [-0.39, 0.29) is 12.1 Å². The van der Waals surface area contributed by atoms with Crippen LogP contribution < -0.4 is 5.32 Å². The zero-order valence-corrected chi connectivity index (χ0v) is 11.9. The first-order valence-electron chi connectivity index (χ1n) is 7.31. The smallest absolute Gasteiger partial charge is 0.0809 e. The number of nitrogens with one attached hydrogen (secondary N) is 1. The normalized spacial score (nSPS) is 23.2. The fourth-order valence-corrected chi connectivity index (χ4v) is 2.52. The summed E-state index contributed by atoms with van der Waals surface area (Å²) in [5.74, 6) is 0. The molecule has 0 aliphatic carbocycles. The van der Waals surface area contributed by atoms with Gasteiger partial charge in [0.1, 0.15) is 0 Å². The van der Waals surface area contributed by atoms with Crippen LogP contribution in [-0.4, -0.2) is 49.7 Å². The number of aliphatic hydroxyl groups excluding tert-OH is 1. The van der Waals surface area contributed by atoms with Crippen molar-refractivity contribution < 1.29 is 14.6 Å². The molecule has 1 aliphatic rings. The first kappa shape index (κ1) is 15.9. The maximum Gasteiger partial charge on any atom is 0.0809 e. The lowest BCUT2D eigenvalue weighted by Crippen LogP contribution is -2.48. The summed E-state index contributed by atoms with van der Waals surface area (Å²) in [7, 11) is 0. The summed E-state index contributed by atoms with van der Waals surface area (Å²) in [6.45, 7) is 7.65. The molecule has 108 valence electrons. The second kappa shape index (κ2) is 8.86. The topological polar surface area (TPSA) is 50.7 Å². The molecule has 4 heteroatoms. The molecule has 18 heavy (non-hydrogen) atoms. The van der Waals surface area contributed by atoms with Gasteiger partial charge in [-0.25, -0.2) is 0 Å². The molecule has 2 unspecified atom stereocenters. The van der Waals surface area contributed by atoms with Gasteiger partial charge in [-0.05, 0) is 38.6 Å². The first-order valence-corrected chi connectivity index (χ1v) is 7.31. The predicted molar refractivity (Wildman–Crippen MR) is 72.8 cm³/mol. The summed E-state index contributed by atoms with van der Waals surface area (Å²) in [5.41, 5.74) is -0.123. The van der Waals surface area contributed by atoms with E-state index >= 15 is 0 Å². The molecular formula is C14H29NO3. The van der Waals surface area contributed by atoms with Crippen LogP contribution in [0.15, 0.2) is 0 Å². The highest BCUT2D eigenvalue weighted by Gasteiger charge is 2.25. The predicted octanol–water partition coefficient (Wildman–Crippen LogP) is 1.71. The number of hydrogen-bond acceptors (Lipinski definition) is 4. The minimum Gasteiger partial charge on any atom is -0.394 e. The quantitative estimate of drug-likeness (QED) is 0.587. The van der Waals surface area contributed by atoms with Crippen LogP contribution in [-0.2, 0) is 9.47 Å². The minimum atomic E-state index is -0.123. The maximum absolute atomic E-state index is 9.51. The minimum absolute atomic E-state index is 0.123. The summed E-state index contributed by atoms with van der Waals surface area (Å²) in [4.78, 5) is 0.